The molecule has 5 nitrogen and oxygen atoms in total. The first-order valence-corrected chi connectivity index (χ1v) is 8.45. The van der Waals surface area contributed by atoms with Crippen molar-refractivity contribution in [3.63, 3.8) is 0 Å². The molecule has 2 aromatic rings. The van der Waals surface area contributed by atoms with Gasteiger partial charge in [-0.2, -0.15) is 0 Å². The summed E-state index contributed by atoms with van der Waals surface area (Å²) in [5.74, 6) is 0.514. The molecule has 0 bridgehead atoms. The molecule has 1 aromatic heterocycles. The molecule has 128 valence electrons. The Labute approximate surface area is 146 Å². The van der Waals surface area contributed by atoms with Crippen molar-refractivity contribution in [2.45, 2.75) is 26.0 Å². The molecular formula is C18H21ClN2O3. The van der Waals surface area contributed by atoms with Crippen molar-refractivity contribution in [2.75, 3.05) is 19.7 Å². The number of rotatable bonds is 5. The van der Waals surface area contributed by atoms with Gasteiger partial charge in [-0.1, -0.05) is 30.7 Å². The second-order valence-electron chi connectivity index (χ2n) is 5.92. The Balaban J connectivity index is 1.71. The van der Waals surface area contributed by atoms with Crippen molar-refractivity contribution in [3.8, 4) is 0 Å². The van der Waals surface area contributed by atoms with E-state index in [4.69, 9.17) is 26.5 Å². The van der Waals surface area contributed by atoms with Crippen molar-refractivity contribution in [3.05, 3.63) is 58.0 Å². The molecule has 0 radical (unpaired) electrons. The molecule has 1 saturated heterocycles. The maximum Gasteiger partial charge on any atom is 0.284 e. The number of furan rings is 1. The van der Waals surface area contributed by atoms with E-state index < -0.39 is 5.91 Å². The van der Waals surface area contributed by atoms with Gasteiger partial charge < -0.3 is 14.9 Å². The molecule has 2 N–H and O–H groups in total. The fraction of sp³-hybridized carbons (Fsp3) is 0.389. The highest BCUT2D eigenvalue weighted by Crippen LogP contribution is 2.26. The zero-order valence-corrected chi connectivity index (χ0v) is 14.4. The predicted molar refractivity (Wildman–Crippen MR) is 92.0 cm³/mol. The third kappa shape index (κ3) is 3.80. The van der Waals surface area contributed by atoms with Crippen molar-refractivity contribution >= 4 is 17.5 Å². The lowest BCUT2D eigenvalue weighted by Crippen LogP contribution is -2.37. The van der Waals surface area contributed by atoms with E-state index in [0.29, 0.717) is 13.2 Å². The number of hydrogen-bond donors (Lipinski definition) is 1. The molecule has 1 aliphatic heterocycles. The summed E-state index contributed by atoms with van der Waals surface area (Å²) in [5.41, 5.74) is 7.45. The second kappa shape index (κ2) is 7.38. The molecule has 0 unspecified atom stereocenters. The van der Waals surface area contributed by atoms with Crippen LogP contribution in [0.3, 0.4) is 0 Å². The Bertz CT molecular complexity index is 712. The highest BCUT2D eigenvalue weighted by atomic mass is 35.5. The van der Waals surface area contributed by atoms with Crippen molar-refractivity contribution in [2.24, 2.45) is 5.73 Å². The van der Waals surface area contributed by atoms with E-state index in [2.05, 4.69) is 4.90 Å². The van der Waals surface area contributed by atoms with Gasteiger partial charge in [0.15, 0.2) is 5.76 Å². The number of ether oxygens (including phenoxy) is 1. The predicted octanol–water partition coefficient (Wildman–Crippen LogP) is 3.17. The number of morpholine rings is 1. The number of hydrogen-bond acceptors (Lipinski definition) is 4. The normalized spacial score (nSPS) is 18.7. The summed E-state index contributed by atoms with van der Waals surface area (Å²) in [5, 5.41) is 0.719. The van der Waals surface area contributed by atoms with Gasteiger partial charge in [0.25, 0.3) is 5.91 Å². The first kappa shape index (κ1) is 17.0. The van der Waals surface area contributed by atoms with Crippen LogP contribution in [-0.4, -0.2) is 30.5 Å². The van der Waals surface area contributed by atoms with E-state index in [0.717, 1.165) is 41.4 Å². The van der Waals surface area contributed by atoms with Crippen LogP contribution >= 0.6 is 11.6 Å². The van der Waals surface area contributed by atoms with Gasteiger partial charge in [-0.25, -0.2) is 0 Å². The first-order chi connectivity index (χ1) is 11.6. The Morgan fingerprint density at radius 1 is 1.38 bits per heavy atom. The van der Waals surface area contributed by atoms with E-state index in [1.165, 1.54) is 0 Å². The fourth-order valence-corrected chi connectivity index (χ4v) is 3.11. The number of benzene rings is 1. The van der Waals surface area contributed by atoms with Gasteiger partial charge in [0.05, 0.1) is 12.7 Å². The van der Waals surface area contributed by atoms with Crippen LogP contribution in [0.15, 0.2) is 34.7 Å². The second-order valence-corrected chi connectivity index (χ2v) is 6.36. The summed E-state index contributed by atoms with van der Waals surface area (Å²) in [4.78, 5) is 13.6. The lowest BCUT2D eigenvalue weighted by Gasteiger charge is -2.33. The summed E-state index contributed by atoms with van der Waals surface area (Å²) in [6, 6.07) is 9.51. The molecule has 0 spiro atoms. The first-order valence-electron chi connectivity index (χ1n) is 8.07. The minimum atomic E-state index is -0.531. The van der Waals surface area contributed by atoms with Crippen LogP contribution in [0.5, 0.6) is 0 Å². The molecule has 2 heterocycles. The molecule has 0 aliphatic carbocycles. The maximum absolute atomic E-state index is 11.3. The molecule has 1 fully saturated rings. The molecule has 1 aliphatic rings. The molecule has 24 heavy (non-hydrogen) atoms. The lowest BCUT2D eigenvalue weighted by atomic mass is 10.1. The van der Waals surface area contributed by atoms with Gasteiger partial charge in [-0.3, -0.25) is 9.69 Å². The van der Waals surface area contributed by atoms with Gasteiger partial charge in [0.1, 0.15) is 5.76 Å². The largest absolute Gasteiger partial charge is 0.456 e. The quantitative estimate of drug-likeness (QED) is 0.901. The average molecular weight is 349 g/mol. The van der Waals surface area contributed by atoms with E-state index in [9.17, 15) is 4.79 Å². The van der Waals surface area contributed by atoms with Crippen LogP contribution in [0.1, 0.15) is 40.5 Å². The average Bonchev–Trinajstić information content (AvgIpc) is 2.99. The third-order valence-electron chi connectivity index (χ3n) is 4.25. The number of nitrogens with two attached hydrogens (primary N) is 1. The van der Waals surface area contributed by atoms with Gasteiger partial charge in [0.2, 0.25) is 0 Å². The highest BCUT2D eigenvalue weighted by Gasteiger charge is 2.24. The molecule has 0 saturated carbocycles. The maximum atomic E-state index is 11.3. The Hall–Kier alpha value is -1.82. The SMILES string of the molecule is CCc1oc(C(N)=O)cc1CN1CCO[C@@H](c2ccc(Cl)cc2)C1. The Morgan fingerprint density at radius 2 is 2.12 bits per heavy atom. The standard InChI is InChI=1S/C18H21ClN2O3/c1-2-15-13(9-16(24-15)18(20)22)10-21-7-8-23-17(11-21)12-3-5-14(19)6-4-12/h3-6,9,17H,2,7-8,10-11H2,1H3,(H2,20,22)/t17-/m1/s1. The van der Waals surface area contributed by atoms with Gasteiger partial charge >= 0.3 is 0 Å². The third-order valence-corrected chi connectivity index (χ3v) is 4.50. The van der Waals surface area contributed by atoms with Crippen LogP contribution in [0.4, 0.5) is 0 Å². The number of aryl methyl sites for hydroxylation is 1. The van der Waals surface area contributed by atoms with E-state index in [1.807, 2.05) is 31.2 Å². The summed E-state index contributed by atoms with van der Waals surface area (Å²) in [6.45, 7) is 5.00. The number of halogens is 1. The van der Waals surface area contributed by atoms with Crippen LogP contribution in [0, 0.1) is 0 Å². The van der Waals surface area contributed by atoms with Gasteiger partial charge in [-0.05, 0) is 23.8 Å². The van der Waals surface area contributed by atoms with Gasteiger partial charge in [0, 0.05) is 36.6 Å². The molecule has 1 atom stereocenters. The van der Waals surface area contributed by atoms with Crippen molar-refractivity contribution in [1.82, 2.24) is 4.90 Å². The van der Waals surface area contributed by atoms with E-state index in [-0.39, 0.29) is 11.9 Å². The Morgan fingerprint density at radius 3 is 2.79 bits per heavy atom. The molecule has 6 heteroatoms. The number of carbonyl (C=O) groups excluding carboxylic acids is 1. The topological polar surface area (TPSA) is 68.7 Å². The molecule has 3 rings (SSSR count). The summed E-state index contributed by atoms with van der Waals surface area (Å²) >= 11 is 5.95. The number of amides is 1. The van der Waals surface area contributed by atoms with Crippen LogP contribution in [-0.2, 0) is 17.7 Å². The number of nitrogens with zero attached hydrogens (tertiary/aromatic N) is 1. The van der Waals surface area contributed by atoms with Crippen LogP contribution in [0.25, 0.3) is 0 Å². The van der Waals surface area contributed by atoms with Crippen molar-refractivity contribution < 1.29 is 13.9 Å². The van der Waals surface area contributed by atoms with Crippen molar-refractivity contribution in [1.29, 1.82) is 0 Å². The van der Waals surface area contributed by atoms with E-state index >= 15 is 0 Å². The number of carbonyl (C=O) groups is 1. The van der Waals surface area contributed by atoms with Gasteiger partial charge in [-0.15, -0.1) is 0 Å². The molecular weight excluding hydrogens is 328 g/mol. The highest BCUT2D eigenvalue weighted by molar-refractivity contribution is 6.30. The van der Waals surface area contributed by atoms with Crippen LogP contribution in [0.2, 0.25) is 5.02 Å². The lowest BCUT2D eigenvalue weighted by molar-refractivity contribution is -0.0330. The summed E-state index contributed by atoms with van der Waals surface area (Å²) in [6.07, 6.45) is 0.747. The van der Waals surface area contributed by atoms with E-state index in [1.54, 1.807) is 6.07 Å². The minimum Gasteiger partial charge on any atom is -0.456 e. The minimum absolute atomic E-state index is 0.0172. The fourth-order valence-electron chi connectivity index (χ4n) is 2.99. The number of primary amides is 1. The Kier molecular flexibility index (Phi) is 5.23. The zero-order valence-electron chi connectivity index (χ0n) is 13.6. The smallest absolute Gasteiger partial charge is 0.284 e. The molecule has 1 amide bonds. The zero-order chi connectivity index (χ0) is 17.1. The monoisotopic (exact) mass is 348 g/mol. The summed E-state index contributed by atoms with van der Waals surface area (Å²) in [7, 11) is 0. The van der Waals surface area contributed by atoms with Crippen LogP contribution < -0.4 is 5.73 Å². The molecule has 1 aromatic carbocycles. The summed E-state index contributed by atoms with van der Waals surface area (Å²) < 4.78 is 11.4.